The third kappa shape index (κ3) is 3.75. The molecule has 0 aromatic heterocycles. The highest BCUT2D eigenvalue weighted by molar-refractivity contribution is 6.15. The van der Waals surface area contributed by atoms with Gasteiger partial charge in [-0.2, -0.15) is 0 Å². The van der Waals surface area contributed by atoms with Crippen molar-refractivity contribution in [3.63, 3.8) is 0 Å². The number of likely N-dealkylation sites (tertiary alicyclic amines) is 1. The van der Waals surface area contributed by atoms with E-state index in [9.17, 15) is 9.90 Å². The van der Waals surface area contributed by atoms with E-state index in [-0.39, 0.29) is 17.3 Å². The van der Waals surface area contributed by atoms with Gasteiger partial charge < -0.3 is 19.3 Å². The van der Waals surface area contributed by atoms with Crippen LogP contribution in [0.3, 0.4) is 0 Å². The lowest BCUT2D eigenvalue weighted by Gasteiger charge is -2.31. The first-order chi connectivity index (χ1) is 14.5. The fraction of sp³-hybridized carbons (Fsp3) is 0.375. The molecule has 0 unspecified atom stereocenters. The molecule has 1 atom stereocenters. The van der Waals surface area contributed by atoms with Crippen molar-refractivity contribution in [1.82, 2.24) is 4.90 Å². The Morgan fingerprint density at radius 3 is 2.80 bits per heavy atom. The van der Waals surface area contributed by atoms with Crippen LogP contribution in [0.2, 0.25) is 0 Å². The lowest BCUT2D eigenvalue weighted by atomic mass is 9.99. The lowest BCUT2D eigenvalue weighted by molar-refractivity contribution is 0.101. The maximum Gasteiger partial charge on any atom is 0.231 e. The Labute approximate surface area is 176 Å². The van der Waals surface area contributed by atoms with Gasteiger partial charge in [0, 0.05) is 18.7 Å². The monoisotopic (exact) mass is 409 g/mol. The van der Waals surface area contributed by atoms with E-state index in [1.807, 2.05) is 12.1 Å². The van der Waals surface area contributed by atoms with Crippen molar-refractivity contribution in [3.05, 3.63) is 52.8 Å². The summed E-state index contributed by atoms with van der Waals surface area (Å²) in [6.45, 7) is 4.75. The highest BCUT2D eigenvalue weighted by Crippen LogP contribution is 2.41. The van der Waals surface area contributed by atoms with Gasteiger partial charge in [0.1, 0.15) is 11.5 Å². The second-order valence-corrected chi connectivity index (χ2v) is 7.94. The van der Waals surface area contributed by atoms with Gasteiger partial charge in [-0.3, -0.25) is 9.69 Å². The maximum atomic E-state index is 13.0. The first-order valence-electron chi connectivity index (χ1n) is 10.2. The molecule has 2 aromatic carbocycles. The Hall–Kier alpha value is -2.99. The summed E-state index contributed by atoms with van der Waals surface area (Å²) in [6.07, 6.45) is 4.02. The Bertz CT molecular complexity index is 997. The van der Waals surface area contributed by atoms with Gasteiger partial charge >= 0.3 is 0 Å². The van der Waals surface area contributed by atoms with Crippen molar-refractivity contribution in [3.8, 4) is 23.0 Å². The van der Waals surface area contributed by atoms with Gasteiger partial charge in [0.2, 0.25) is 5.78 Å². The van der Waals surface area contributed by atoms with Gasteiger partial charge in [-0.1, -0.05) is 19.1 Å². The molecule has 0 aliphatic carbocycles. The number of aromatic hydroxyl groups is 1. The molecule has 1 fully saturated rings. The number of phenols is 1. The van der Waals surface area contributed by atoms with Gasteiger partial charge in [-0.25, -0.2) is 0 Å². The predicted molar refractivity (Wildman–Crippen MR) is 114 cm³/mol. The average Bonchev–Trinajstić information content (AvgIpc) is 3.05. The molecule has 0 spiro atoms. The van der Waals surface area contributed by atoms with Crippen molar-refractivity contribution in [2.75, 3.05) is 27.3 Å². The molecule has 30 heavy (non-hydrogen) atoms. The van der Waals surface area contributed by atoms with Crippen molar-refractivity contribution >= 4 is 11.9 Å². The molecule has 0 amide bonds. The predicted octanol–water partition coefficient (Wildman–Crippen LogP) is 4.26. The first kappa shape index (κ1) is 20.3. The quantitative estimate of drug-likeness (QED) is 0.745. The maximum absolute atomic E-state index is 13.0. The van der Waals surface area contributed by atoms with E-state index in [0.717, 1.165) is 19.5 Å². The Morgan fingerprint density at radius 2 is 2.07 bits per heavy atom. The van der Waals surface area contributed by atoms with E-state index in [4.69, 9.17) is 14.2 Å². The van der Waals surface area contributed by atoms with E-state index in [0.29, 0.717) is 46.4 Å². The molecule has 2 aliphatic heterocycles. The van der Waals surface area contributed by atoms with Crippen LogP contribution in [0.5, 0.6) is 23.0 Å². The number of nitrogens with zero attached hydrogens (tertiary/aromatic N) is 1. The zero-order valence-corrected chi connectivity index (χ0v) is 17.6. The van der Waals surface area contributed by atoms with Crippen LogP contribution < -0.4 is 14.2 Å². The zero-order chi connectivity index (χ0) is 21.3. The highest BCUT2D eigenvalue weighted by atomic mass is 16.5. The van der Waals surface area contributed by atoms with Crippen LogP contribution in [-0.4, -0.2) is 43.1 Å². The van der Waals surface area contributed by atoms with Gasteiger partial charge in [0.05, 0.1) is 25.3 Å². The lowest BCUT2D eigenvalue weighted by Crippen LogP contribution is -2.33. The van der Waals surface area contributed by atoms with Crippen molar-refractivity contribution in [2.45, 2.75) is 26.3 Å². The summed E-state index contributed by atoms with van der Waals surface area (Å²) in [7, 11) is 3.13. The van der Waals surface area contributed by atoms with Gasteiger partial charge in [0.15, 0.2) is 17.3 Å². The van der Waals surface area contributed by atoms with Crippen LogP contribution in [-0.2, 0) is 6.54 Å². The molecule has 1 N–H and O–H groups in total. The molecule has 0 bridgehead atoms. The van der Waals surface area contributed by atoms with E-state index in [1.165, 1.54) is 6.42 Å². The number of benzene rings is 2. The number of rotatable bonds is 5. The largest absolute Gasteiger partial charge is 0.507 e. The standard InChI is InChI=1S/C24H27NO5/c1-15-6-5-11-25(13-15)14-18-19(26)10-9-17-22(27)21(30-24(17)18)12-16-7-4-8-20(28-2)23(16)29-3/h4,7-10,12,15,26H,5-6,11,13-14H2,1-3H3/b21-12-/t15-/m1/s1. The zero-order valence-electron chi connectivity index (χ0n) is 17.6. The molecule has 0 radical (unpaired) electrons. The summed E-state index contributed by atoms with van der Waals surface area (Å²) >= 11 is 0. The summed E-state index contributed by atoms with van der Waals surface area (Å²) in [5.74, 6) is 2.33. The number of hydrogen-bond donors (Lipinski definition) is 1. The van der Waals surface area contributed by atoms with Crippen molar-refractivity contribution in [2.24, 2.45) is 5.92 Å². The summed E-state index contributed by atoms with van der Waals surface area (Å²) < 4.78 is 16.8. The van der Waals surface area contributed by atoms with Crippen LogP contribution in [0.15, 0.2) is 36.1 Å². The number of piperidine rings is 1. The van der Waals surface area contributed by atoms with E-state index < -0.39 is 0 Å². The van der Waals surface area contributed by atoms with Crippen molar-refractivity contribution in [1.29, 1.82) is 0 Å². The van der Waals surface area contributed by atoms with Crippen LogP contribution in [0.1, 0.15) is 41.3 Å². The molecule has 6 nitrogen and oxygen atoms in total. The molecule has 2 heterocycles. The second-order valence-electron chi connectivity index (χ2n) is 7.94. The average molecular weight is 409 g/mol. The molecule has 2 aromatic rings. The molecular formula is C24H27NO5. The summed E-state index contributed by atoms with van der Waals surface area (Å²) in [4.78, 5) is 15.3. The van der Waals surface area contributed by atoms with E-state index >= 15 is 0 Å². The van der Waals surface area contributed by atoms with Crippen LogP contribution in [0, 0.1) is 5.92 Å². The number of ether oxygens (including phenoxy) is 3. The van der Waals surface area contributed by atoms with Crippen LogP contribution in [0.4, 0.5) is 0 Å². The number of hydrogen-bond acceptors (Lipinski definition) is 6. The third-order valence-corrected chi connectivity index (χ3v) is 5.76. The topological polar surface area (TPSA) is 68.2 Å². The van der Waals surface area contributed by atoms with Gasteiger partial charge in [-0.15, -0.1) is 0 Å². The molecule has 2 aliphatic rings. The number of ketones is 1. The number of carbonyl (C=O) groups is 1. The van der Waals surface area contributed by atoms with Gasteiger partial charge in [0.25, 0.3) is 0 Å². The Morgan fingerprint density at radius 1 is 1.23 bits per heavy atom. The minimum absolute atomic E-state index is 0.153. The Kier molecular flexibility index (Phi) is 5.68. The number of phenolic OH excluding ortho intramolecular Hbond substituents is 1. The number of methoxy groups -OCH3 is 2. The smallest absolute Gasteiger partial charge is 0.231 e. The fourth-order valence-corrected chi connectivity index (χ4v) is 4.27. The number of fused-ring (bicyclic) bond motifs is 1. The number of allylic oxidation sites excluding steroid dienone is 1. The molecule has 4 rings (SSSR count). The van der Waals surface area contributed by atoms with E-state index in [2.05, 4.69) is 11.8 Å². The molecule has 158 valence electrons. The van der Waals surface area contributed by atoms with Crippen LogP contribution >= 0.6 is 0 Å². The minimum atomic E-state index is -0.205. The number of carbonyl (C=O) groups excluding carboxylic acids is 1. The summed E-state index contributed by atoms with van der Waals surface area (Å²) in [5.41, 5.74) is 1.82. The molecule has 6 heteroatoms. The van der Waals surface area contributed by atoms with Crippen LogP contribution in [0.25, 0.3) is 6.08 Å². The SMILES string of the molecule is COc1cccc(/C=C2\Oc3c(ccc(O)c3CN3CCC[C@@H](C)C3)C2=O)c1OC. The molecular weight excluding hydrogens is 382 g/mol. The third-order valence-electron chi connectivity index (χ3n) is 5.76. The highest BCUT2D eigenvalue weighted by Gasteiger charge is 2.32. The van der Waals surface area contributed by atoms with Gasteiger partial charge in [-0.05, 0) is 49.6 Å². The minimum Gasteiger partial charge on any atom is -0.507 e. The summed E-state index contributed by atoms with van der Waals surface area (Å²) in [5, 5.41) is 10.5. The molecule has 1 saturated heterocycles. The fourth-order valence-electron chi connectivity index (χ4n) is 4.27. The van der Waals surface area contributed by atoms with Crippen molar-refractivity contribution < 1.29 is 24.1 Å². The number of para-hydroxylation sites is 1. The number of Topliss-reactive ketones (excluding diaryl/α,β-unsaturated/α-hetero) is 1. The normalized spacial score (nSPS) is 20.2. The second kappa shape index (κ2) is 8.40. The van der Waals surface area contributed by atoms with E-state index in [1.54, 1.807) is 38.5 Å². The molecule has 0 saturated carbocycles. The first-order valence-corrected chi connectivity index (χ1v) is 10.2. The Balaban J connectivity index is 1.67. The summed E-state index contributed by atoms with van der Waals surface area (Å²) in [6, 6.07) is 8.66.